The number of nitrogens with one attached hydrogen (secondary N) is 1. The second kappa shape index (κ2) is 29.5. The van der Waals surface area contributed by atoms with Gasteiger partial charge in [-0.15, -0.1) is 0 Å². The molecule has 0 saturated heterocycles. The fraction of sp³-hybridized carbons (Fsp3) is 0. The molecule has 15 heteroatoms. The van der Waals surface area contributed by atoms with Gasteiger partial charge in [0.05, 0.1) is 55.2 Å². The Labute approximate surface area is 690 Å². The molecule has 0 unspecified atom stereocenters. The molecule has 119 heavy (non-hydrogen) atoms. The normalized spacial score (nSPS) is 11.6. The molecule has 0 aliphatic heterocycles. The van der Waals surface area contributed by atoms with Crippen molar-refractivity contribution in [2.75, 3.05) is 0 Å². The van der Waals surface area contributed by atoms with Gasteiger partial charge >= 0.3 is 0 Å². The summed E-state index contributed by atoms with van der Waals surface area (Å²) in [6.07, 6.45) is 0. The van der Waals surface area contributed by atoms with E-state index in [9.17, 15) is 0 Å². The number of aromatic amines is 1. The van der Waals surface area contributed by atoms with Gasteiger partial charge in [-0.2, -0.15) is 0 Å². The van der Waals surface area contributed by atoms with Crippen LogP contribution in [0.25, 0.3) is 207 Å². The van der Waals surface area contributed by atoms with Crippen molar-refractivity contribution in [1.29, 1.82) is 0 Å². The van der Waals surface area contributed by atoms with Crippen LogP contribution in [0.3, 0.4) is 0 Å². The van der Waals surface area contributed by atoms with E-state index in [1.165, 1.54) is 38.2 Å². The molecule has 1 N–H and O–H groups in total. The molecule has 0 saturated carbocycles. The van der Waals surface area contributed by atoms with E-state index in [-0.39, 0.29) is 0 Å². The van der Waals surface area contributed by atoms with Crippen molar-refractivity contribution >= 4 is 115 Å². The van der Waals surface area contributed by atoms with Gasteiger partial charge in [0.25, 0.3) is 0 Å². The topological polar surface area (TPSA) is 143 Å². The van der Waals surface area contributed by atoms with Gasteiger partial charge in [-0.05, 0) is 156 Å². The number of rotatable bonds is 11. The molecule has 0 spiro atoms. The molecule has 0 atom stereocenters. The van der Waals surface area contributed by atoms with Gasteiger partial charge in [0.2, 0.25) is 11.6 Å². The third-order valence-corrected chi connectivity index (χ3v) is 22.6. The number of aromatic nitrogens is 14. The van der Waals surface area contributed by atoms with Crippen LogP contribution < -0.4 is 0 Å². The number of nitrogens with zero attached hydrogens (tertiary/aromatic N) is 13. The molecular formula is C104H67BrN14. The van der Waals surface area contributed by atoms with Gasteiger partial charge < -0.3 is 9.55 Å². The first-order valence-electron chi connectivity index (χ1n) is 39.5. The number of para-hydroxylation sites is 8. The first kappa shape index (κ1) is 69.8. The lowest BCUT2D eigenvalue weighted by atomic mass is 10.0. The van der Waals surface area contributed by atoms with Gasteiger partial charge in [0.15, 0.2) is 34.9 Å². The highest BCUT2D eigenvalue weighted by Gasteiger charge is 2.23. The Balaban J connectivity index is 0.000000120. The molecule has 0 bridgehead atoms. The van der Waals surface area contributed by atoms with E-state index < -0.39 is 0 Å². The van der Waals surface area contributed by atoms with Gasteiger partial charge in [0.1, 0.15) is 0 Å². The zero-order valence-electron chi connectivity index (χ0n) is 63.8. The van der Waals surface area contributed by atoms with Crippen LogP contribution in [-0.4, -0.2) is 67.4 Å². The molecule has 0 aliphatic carbocycles. The van der Waals surface area contributed by atoms with Crippen molar-refractivity contribution < 1.29 is 0 Å². The van der Waals surface area contributed by atoms with Crippen LogP contribution >= 0.6 is 15.9 Å². The van der Waals surface area contributed by atoms with Crippen molar-refractivity contribution in [3.05, 3.63) is 405 Å². The lowest BCUT2D eigenvalue weighted by molar-refractivity contribution is 1.07. The van der Waals surface area contributed by atoms with E-state index in [0.29, 0.717) is 34.9 Å². The molecular weight excluding hydrogens is 1530 g/mol. The number of H-pyrrole nitrogens is 1. The summed E-state index contributed by atoms with van der Waals surface area (Å²) in [4.78, 5) is 42.7. The molecule has 24 aromatic rings. The third kappa shape index (κ3) is 12.7. The number of imidazole rings is 4. The summed E-state index contributed by atoms with van der Waals surface area (Å²) >= 11 is 3.52. The molecule has 560 valence electrons. The molecule has 0 amide bonds. The van der Waals surface area contributed by atoms with Gasteiger partial charge in [-0.1, -0.05) is 283 Å². The average molecular weight is 1590 g/mol. The lowest BCUT2D eigenvalue weighted by Crippen LogP contribution is -2.01. The van der Waals surface area contributed by atoms with Crippen LogP contribution in [0, 0.1) is 0 Å². The van der Waals surface area contributed by atoms with E-state index in [0.717, 1.165) is 138 Å². The molecule has 8 heterocycles. The maximum atomic E-state index is 5.11. The van der Waals surface area contributed by atoms with Crippen molar-refractivity contribution in [1.82, 2.24) is 67.4 Å². The highest BCUT2D eigenvalue weighted by atomic mass is 79.9. The Morgan fingerprint density at radius 2 is 0.538 bits per heavy atom. The van der Waals surface area contributed by atoms with Crippen LogP contribution in [-0.2, 0) is 0 Å². The monoisotopic (exact) mass is 1590 g/mol. The zero-order valence-corrected chi connectivity index (χ0v) is 65.4. The van der Waals surface area contributed by atoms with E-state index >= 15 is 0 Å². The molecule has 0 radical (unpaired) electrons. The third-order valence-electron chi connectivity index (χ3n) is 22.1. The number of hydrogen-bond donors (Lipinski definition) is 1. The van der Waals surface area contributed by atoms with Crippen molar-refractivity contribution in [2.24, 2.45) is 0 Å². The first-order chi connectivity index (χ1) is 58.9. The summed E-state index contributed by atoms with van der Waals surface area (Å²) in [6, 6.07) is 138. The second-order valence-corrected chi connectivity index (χ2v) is 30.3. The smallest absolute Gasteiger partial charge is 0.220 e. The fourth-order valence-corrected chi connectivity index (χ4v) is 17.0. The molecule has 0 fully saturated rings. The quantitative estimate of drug-likeness (QED) is 0.135. The van der Waals surface area contributed by atoms with Crippen LogP contribution in [0.15, 0.2) is 405 Å². The Bertz CT molecular complexity index is 7880. The fourth-order valence-electron chi connectivity index (χ4n) is 16.6. The highest BCUT2D eigenvalue weighted by Crippen LogP contribution is 2.41. The Morgan fingerprint density at radius 3 is 1.03 bits per heavy atom. The number of benzene rings is 16. The van der Waals surface area contributed by atoms with E-state index in [4.69, 9.17) is 34.9 Å². The minimum atomic E-state index is 0.624. The summed E-state index contributed by atoms with van der Waals surface area (Å²) < 4.78 is 12.4. The molecule has 24 rings (SSSR count). The number of fused-ring (bicyclic) bond motifs is 16. The molecule has 0 aliphatic rings. The second-order valence-electron chi connectivity index (χ2n) is 29.4. The Hall–Kier alpha value is -15.8. The molecule has 14 nitrogen and oxygen atoms in total. The van der Waals surface area contributed by atoms with E-state index in [1.807, 2.05) is 158 Å². The Kier molecular flexibility index (Phi) is 17.3. The van der Waals surface area contributed by atoms with E-state index in [1.54, 1.807) is 0 Å². The van der Waals surface area contributed by atoms with E-state index in [2.05, 4.69) is 291 Å². The van der Waals surface area contributed by atoms with Crippen LogP contribution in [0.5, 0.6) is 0 Å². The highest BCUT2D eigenvalue weighted by molar-refractivity contribution is 9.10. The van der Waals surface area contributed by atoms with Crippen LogP contribution in [0.4, 0.5) is 0 Å². The SMILES string of the molecule is Brc1cccc(-c2nc(-c3ccccc3)nc(-c3ccccc3)n2)c1.c1ccc(-c2nc(-c3ccccc3)nc(-c3cccc(-n4c5ccccc5c5cc(-c6ccc7c(c6)n(-c6ccccc6)c6nc8ccccc8n76)ccc54)c3)n2)cc1.c1ccc(-n2c3cc(-c4ccc5[nH]c6ccccc6c5c4)ccc3n3c4ccccc4nc23)cc1. The minimum Gasteiger partial charge on any atom is -0.355 e. The summed E-state index contributed by atoms with van der Waals surface area (Å²) in [5.41, 5.74) is 26.8. The number of hydrogen-bond acceptors (Lipinski definition) is 8. The number of halogens is 1. The van der Waals surface area contributed by atoms with Crippen LogP contribution in [0.2, 0.25) is 0 Å². The largest absolute Gasteiger partial charge is 0.355 e. The Morgan fingerprint density at radius 1 is 0.193 bits per heavy atom. The zero-order chi connectivity index (χ0) is 78.9. The minimum absolute atomic E-state index is 0.624. The standard InChI is InChI=1S/C52H33N7.C31H20N4.C21H14BrN3/c1-4-15-34(16-5-1)49-54-50(35-17-6-2-7-18-35)56-51(55-49)38-19-14-22-40(31-38)57-44-25-12-10-23-41(44)42-32-36(27-29-45(42)57)37-28-30-47-48(33-37)58(39-20-8-3-9-21-39)52-53-43-24-11-13-26-46(43)59(47)52;1-2-8-22(9-3-1)34-30-19-21(15-17-29(30)35-28-13-7-6-12-27(28)33-31(34)35)20-14-16-26-24(18-20)23-10-4-5-11-25(23)32-26;22-18-13-7-12-17(14-18)21-24-19(15-8-3-1-4-9-15)23-20(25-21)16-10-5-2-6-11-16/h1-33H;1-19,32H;1-14H. The van der Waals surface area contributed by atoms with Gasteiger partial charge in [0, 0.05) is 87.5 Å². The van der Waals surface area contributed by atoms with Crippen molar-refractivity contribution in [3.63, 3.8) is 0 Å². The maximum absolute atomic E-state index is 5.11. The van der Waals surface area contributed by atoms with Crippen molar-refractivity contribution in [3.8, 4) is 108 Å². The summed E-state index contributed by atoms with van der Waals surface area (Å²) in [5, 5.41) is 4.87. The predicted octanol–water partition coefficient (Wildman–Crippen LogP) is 25.7. The first-order valence-corrected chi connectivity index (χ1v) is 40.3. The van der Waals surface area contributed by atoms with Crippen LogP contribution in [0.1, 0.15) is 0 Å². The predicted molar refractivity (Wildman–Crippen MR) is 487 cm³/mol. The summed E-state index contributed by atoms with van der Waals surface area (Å²) in [5.74, 6) is 5.73. The average Bonchev–Trinajstić information content (AvgIpc) is 1.57. The van der Waals surface area contributed by atoms with Crippen molar-refractivity contribution in [2.45, 2.75) is 0 Å². The summed E-state index contributed by atoms with van der Waals surface area (Å²) in [7, 11) is 0. The molecule has 16 aromatic carbocycles. The van der Waals surface area contributed by atoms with Gasteiger partial charge in [-0.25, -0.2) is 39.9 Å². The van der Waals surface area contributed by atoms with Gasteiger partial charge in [-0.3, -0.25) is 17.9 Å². The summed E-state index contributed by atoms with van der Waals surface area (Å²) in [6.45, 7) is 0. The maximum Gasteiger partial charge on any atom is 0.220 e. The lowest BCUT2D eigenvalue weighted by Gasteiger charge is -2.12. The molecule has 8 aromatic heterocycles.